The maximum Gasteiger partial charge on any atom is 0.374 e. The van der Waals surface area contributed by atoms with E-state index in [2.05, 4.69) is 15.4 Å². The van der Waals surface area contributed by atoms with Crippen molar-refractivity contribution in [3.05, 3.63) is 57.0 Å². The Labute approximate surface area is 181 Å². The average Bonchev–Trinajstić information content (AvgIpc) is 3.08. The molecule has 0 fully saturated rings. The molecule has 2 amide bonds. The number of methoxy groups -OCH3 is 1. The number of hydrogen-bond donors (Lipinski definition) is 2. The van der Waals surface area contributed by atoms with E-state index in [0.717, 1.165) is 0 Å². The van der Waals surface area contributed by atoms with Crippen molar-refractivity contribution in [2.24, 2.45) is 0 Å². The lowest BCUT2D eigenvalue weighted by atomic mass is 10.2. The summed E-state index contributed by atoms with van der Waals surface area (Å²) in [6.45, 7) is 0.635. The molecule has 160 valence electrons. The van der Waals surface area contributed by atoms with Gasteiger partial charge in [-0.3, -0.25) is 14.4 Å². The van der Waals surface area contributed by atoms with E-state index >= 15 is 0 Å². The van der Waals surface area contributed by atoms with Gasteiger partial charge < -0.3 is 24.5 Å². The number of nitrogens with one attached hydrogen (secondary N) is 2. The van der Waals surface area contributed by atoms with E-state index in [-0.39, 0.29) is 35.3 Å². The molecule has 2 N–H and O–H groups in total. The van der Waals surface area contributed by atoms with Crippen LogP contribution in [0.15, 0.2) is 28.7 Å². The van der Waals surface area contributed by atoms with Crippen LogP contribution in [-0.2, 0) is 25.7 Å². The fraction of sp³-hybridized carbons (Fsp3) is 0.263. The molecule has 0 saturated heterocycles. The Balaban J connectivity index is 1.73. The highest BCUT2D eigenvalue weighted by Gasteiger charge is 2.17. The third-order valence-corrected chi connectivity index (χ3v) is 4.28. The number of furan rings is 1. The van der Waals surface area contributed by atoms with Gasteiger partial charge in [0.15, 0.2) is 0 Å². The zero-order chi connectivity index (χ0) is 22.3. The number of esters is 2. The maximum absolute atomic E-state index is 12.0. The van der Waals surface area contributed by atoms with Gasteiger partial charge in [0.25, 0.3) is 5.91 Å². The molecule has 30 heavy (non-hydrogen) atoms. The third-order valence-electron chi connectivity index (χ3n) is 3.73. The molecule has 0 unspecified atom stereocenters. The van der Waals surface area contributed by atoms with Crippen LogP contribution in [0.25, 0.3) is 0 Å². The first-order valence-corrected chi connectivity index (χ1v) is 9.30. The largest absolute Gasteiger partial charge is 0.463 e. The van der Waals surface area contributed by atoms with Gasteiger partial charge in [-0.05, 0) is 31.2 Å². The van der Waals surface area contributed by atoms with Gasteiger partial charge in [0.2, 0.25) is 11.7 Å². The Bertz CT molecular complexity index is 972. The molecule has 0 aliphatic carbocycles. The van der Waals surface area contributed by atoms with Crippen molar-refractivity contribution in [3.63, 3.8) is 0 Å². The molecule has 2 aromatic rings. The van der Waals surface area contributed by atoms with E-state index in [0.29, 0.717) is 10.6 Å². The van der Waals surface area contributed by atoms with E-state index in [1.165, 1.54) is 31.4 Å². The van der Waals surface area contributed by atoms with Crippen LogP contribution >= 0.6 is 23.2 Å². The maximum atomic E-state index is 12.0. The minimum atomic E-state index is -0.732. The molecular weight excluding hydrogens is 439 g/mol. The summed E-state index contributed by atoms with van der Waals surface area (Å²) in [6.07, 6.45) is 0. The van der Waals surface area contributed by atoms with Gasteiger partial charge in [-0.2, -0.15) is 0 Å². The topological polar surface area (TPSA) is 124 Å². The molecule has 0 radical (unpaired) electrons. The molecular formula is C19H18Cl2N2O7. The quantitative estimate of drug-likeness (QED) is 0.583. The molecule has 1 aromatic heterocycles. The van der Waals surface area contributed by atoms with Gasteiger partial charge in [-0.15, -0.1) is 0 Å². The number of halogens is 2. The summed E-state index contributed by atoms with van der Waals surface area (Å²) in [4.78, 5) is 47.1. The fourth-order valence-corrected chi connectivity index (χ4v) is 2.77. The monoisotopic (exact) mass is 456 g/mol. The summed E-state index contributed by atoms with van der Waals surface area (Å²) < 4.78 is 14.8. The SMILES string of the molecule is COC(=O)c1oc(COC(=O)CNC(=O)CNC(=O)c2ccc(Cl)cc2Cl)cc1C. The van der Waals surface area contributed by atoms with Crippen LogP contribution in [-0.4, -0.2) is 44.0 Å². The van der Waals surface area contributed by atoms with Gasteiger partial charge in [-0.25, -0.2) is 4.79 Å². The van der Waals surface area contributed by atoms with Gasteiger partial charge in [0.1, 0.15) is 18.9 Å². The second-order valence-electron chi connectivity index (χ2n) is 5.96. The minimum Gasteiger partial charge on any atom is -0.463 e. The Kier molecular flexibility index (Phi) is 8.25. The van der Waals surface area contributed by atoms with Crippen LogP contribution in [0.2, 0.25) is 10.0 Å². The highest BCUT2D eigenvalue weighted by atomic mass is 35.5. The Hall–Kier alpha value is -3.04. The van der Waals surface area contributed by atoms with E-state index in [4.69, 9.17) is 32.4 Å². The highest BCUT2D eigenvalue weighted by Crippen LogP contribution is 2.20. The van der Waals surface area contributed by atoms with Gasteiger partial charge >= 0.3 is 11.9 Å². The summed E-state index contributed by atoms with van der Waals surface area (Å²) >= 11 is 11.7. The molecule has 2 rings (SSSR count). The van der Waals surface area contributed by atoms with Crippen LogP contribution in [0.4, 0.5) is 0 Å². The lowest BCUT2D eigenvalue weighted by Gasteiger charge is -2.08. The lowest BCUT2D eigenvalue weighted by Crippen LogP contribution is -2.39. The average molecular weight is 457 g/mol. The highest BCUT2D eigenvalue weighted by molar-refractivity contribution is 6.36. The van der Waals surface area contributed by atoms with Gasteiger partial charge in [-0.1, -0.05) is 23.2 Å². The molecule has 0 aliphatic heterocycles. The van der Waals surface area contributed by atoms with Crippen molar-refractivity contribution in [2.75, 3.05) is 20.2 Å². The number of benzene rings is 1. The molecule has 9 nitrogen and oxygen atoms in total. The molecule has 11 heteroatoms. The normalized spacial score (nSPS) is 10.3. The summed E-state index contributed by atoms with van der Waals surface area (Å²) in [5.74, 6) is -2.27. The predicted octanol–water partition coefficient (Wildman–Crippen LogP) is 2.27. The molecule has 0 atom stereocenters. The first-order chi connectivity index (χ1) is 14.2. The second-order valence-corrected chi connectivity index (χ2v) is 6.80. The van der Waals surface area contributed by atoms with E-state index in [1.807, 2.05) is 0 Å². The fourth-order valence-electron chi connectivity index (χ4n) is 2.28. The van der Waals surface area contributed by atoms with Crippen LogP contribution in [0.3, 0.4) is 0 Å². The molecule has 0 saturated carbocycles. The predicted molar refractivity (Wildman–Crippen MR) is 106 cm³/mol. The first-order valence-electron chi connectivity index (χ1n) is 8.54. The van der Waals surface area contributed by atoms with Crippen molar-refractivity contribution in [2.45, 2.75) is 13.5 Å². The molecule has 0 bridgehead atoms. The van der Waals surface area contributed by atoms with Crippen molar-refractivity contribution < 1.29 is 33.1 Å². The number of amides is 2. The van der Waals surface area contributed by atoms with E-state index in [1.54, 1.807) is 6.92 Å². The number of rotatable bonds is 8. The first kappa shape index (κ1) is 23.2. The smallest absolute Gasteiger partial charge is 0.374 e. The van der Waals surface area contributed by atoms with Crippen molar-refractivity contribution in [1.29, 1.82) is 0 Å². The zero-order valence-corrected chi connectivity index (χ0v) is 17.6. The van der Waals surface area contributed by atoms with Crippen LogP contribution in [0.1, 0.15) is 32.2 Å². The number of carbonyl (C=O) groups excluding carboxylic acids is 4. The summed E-state index contributed by atoms with van der Waals surface area (Å²) in [6, 6.07) is 5.86. The van der Waals surface area contributed by atoms with E-state index < -0.39 is 30.3 Å². The Morgan fingerprint density at radius 2 is 1.80 bits per heavy atom. The van der Waals surface area contributed by atoms with Crippen LogP contribution in [0.5, 0.6) is 0 Å². The van der Waals surface area contributed by atoms with Gasteiger partial charge in [0.05, 0.1) is 24.2 Å². The second kappa shape index (κ2) is 10.7. The number of carbonyl (C=O) groups is 4. The minimum absolute atomic E-state index is 0.0217. The number of ether oxygens (including phenoxy) is 2. The third kappa shape index (κ3) is 6.50. The standard InChI is InChI=1S/C19H18Cl2N2O7/c1-10-5-12(30-17(10)19(27)28-2)9-29-16(25)8-22-15(24)7-23-18(26)13-4-3-11(20)6-14(13)21/h3-6H,7-9H2,1-2H3,(H,22,24)(H,23,26). The molecule has 1 heterocycles. The molecule has 0 spiro atoms. The molecule has 1 aromatic carbocycles. The lowest BCUT2D eigenvalue weighted by molar-refractivity contribution is -0.145. The summed E-state index contributed by atoms with van der Waals surface area (Å²) in [5, 5.41) is 5.20. The van der Waals surface area contributed by atoms with Crippen molar-refractivity contribution >= 4 is 47.0 Å². The summed E-state index contributed by atoms with van der Waals surface area (Å²) in [7, 11) is 1.22. The van der Waals surface area contributed by atoms with Crippen LogP contribution in [0, 0.1) is 6.92 Å². The summed E-state index contributed by atoms with van der Waals surface area (Å²) in [5.41, 5.74) is 0.700. The van der Waals surface area contributed by atoms with Crippen LogP contribution < -0.4 is 10.6 Å². The number of hydrogen-bond acceptors (Lipinski definition) is 7. The van der Waals surface area contributed by atoms with E-state index in [9.17, 15) is 19.2 Å². The van der Waals surface area contributed by atoms with Crippen molar-refractivity contribution in [3.8, 4) is 0 Å². The Morgan fingerprint density at radius 3 is 2.47 bits per heavy atom. The van der Waals surface area contributed by atoms with Gasteiger partial charge in [0, 0.05) is 10.6 Å². The zero-order valence-electron chi connectivity index (χ0n) is 16.0. The molecule has 0 aliphatic rings. The Morgan fingerprint density at radius 1 is 1.07 bits per heavy atom. The van der Waals surface area contributed by atoms with Crippen molar-refractivity contribution in [1.82, 2.24) is 10.6 Å². The number of aryl methyl sites for hydroxylation is 1.